The van der Waals surface area contributed by atoms with Crippen molar-refractivity contribution < 1.29 is 0 Å². The highest BCUT2D eigenvalue weighted by atomic mass is 14.7. The van der Waals surface area contributed by atoms with E-state index >= 15 is 0 Å². The third-order valence-electron chi connectivity index (χ3n) is 5.95. The van der Waals surface area contributed by atoms with Gasteiger partial charge in [0.15, 0.2) is 0 Å². The Balaban J connectivity index is 1.52. The summed E-state index contributed by atoms with van der Waals surface area (Å²) in [5, 5.41) is 0. The van der Waals surface area contributed by atoms with Crippen LogP contribution in [0, 0.1) is 23.2 Å². The summed E-state index contributed by atoms with van der Waals surface area (Å²) in [6.07, 6.45) is 11.4. The molecule has 4 saturated carbocycles. The number of hydrogen-bond donors (Lipinski definition) is 2. The lowest BCUT2D eigenvalue weighted by Gasteiger charge is -2.57. The molecule has 1 heterocycles. The highest BCUT2D eigenvalue weighted by Gasteiger charge is 2.50. The van der Waals surface area contributed by atoms with E-state index in [0.29, 0.717) is 5.41 Å². The van der Waals surface area contributed by atoms with Crippen LogP contribution in [0.5, 0.6) is 0 Å². The van der Waals surface area contributed by atoms with Crippen molar-refractivity contribution >= 4 is 0 Å². The molecule has 2 heteroatoms. The van der Waals surface area contributed by atoms with Gasteiger partial charge >= 0.3 is 0 Å². The summed E-state index contributed by atoms with van der Waals surface area (Å²) in [7, 11) is 0. The Kier molecular flexibility index (Phi) is 2.77. The highest BCUT2D eigenvalue weighted by Crippen LogP contribution is 2.60. The van der Waals surface area contributed by atoms with Gasteiger partial charge in [-0.05, 0) is 93.2 Å². The Morgan fingerprint density at radius 2 is 1.58 bits per heavy atom. The minimum Gasteiger partial charge on any atom is -0.362 e. The minimum atomic E-state index is 0.652. The highest BCUT2D eigenvalue weighted by molar-refractivity contribution is 5.17. The normalized spacial score (nSPS) is 39.9. The fraction of sp³-hybridized carbons (Fsp3) is 0.765. The molecule has 4 fully saturated rings. The van der Waals surface area contributed by atoms with Crippen molar-refractivity contribution in [3.63, 3.8) is 0 Å². The average Bonchev–Trinajstić information content (AvgIpc) is 2.74. The van der Waals surface area contributed by atoms with Gasteiger partial charge < -0.3 is 10.7 Å². The number of nitrogens with two attached hydrogens (primary N) is 1. The first-order valence-electron chi connectivity index (χ1n) is 8.11. The summed E-state index contributed by atoms with van der Waals surface area (Å²) in [6, 6.07) is 4.55. The zero-order chi connectivity index (χ0) is 12.9. The molecule has 0 aromatic carbocycles. The Labute approximate surface area is 116 Å². The molecule has 4 bridgehead atoms. The van der Waals surface area contributed by atoms with Crippen molar-refractivity contribution in [2.24, 2.45) is 28.9 Å². The topological polar surface area (TPSA) is 41.8 Å². The van der Waals surface area contributed by atoms with Crippen LogP contribution in [0.4, 0.5) is 0 Å². The van der Waals surface area contributed by atoms with Crippen molar-refractivity contribution in [1.82, 2.24) is 4.98 Å². The first-order chi connectivity index (χ1) is 9.25. The molecule has 4 aliphatic carbocycles. The van der Waals surface area contributed by atoms with Gasteiger partial charge in [0.1, 0.15) is 0 Å². The number of aromatic nitrogens is 1. The fourth-order valence-corrected chi connectivity index (χ4v) is 5.81. The van der Waals surface area contributed by atoms with E-state index in [4.69, 9.17) is 5.73 Å². The van der Waals surface area contributed by atoms with E-state index in [9.17, 15) is 0 Å². The molecule has 5 rings (SSSR count). The predicted molar refractivity (Wildman–Crippen MR) is 77.9 cm³/mol. The molecule has 3 N–H and O–H groups in total. The van der Waals surface area contributed by atoms with Crippen molar-refractivity contribution in [1.29, 1.82) is 0 Å². The van der Waals surface area contributed by atoms with E-state index in [1.807, 2.05) is 0 Å². The second-order valence-electron chi connectivity index (χ2n) is 7.64. The van der Waals surface area contributed by atoms with E-state index in [1.165, 1.54) is 37.1 Å². The Morgan fingerprint density at radius 3 is 2.16 bits per heavy atom. The van der Waals surface area contributed by atoms with Gasteiger partial charge in [0.2, 0.25) is 0 Å². The van der Waals surface area contributed by atoms with Crippen LogP contribution in [0.15, 0.2) is 12.1 Å². The van der Waals surface area contributed by atoms with E-state index in [0.717, 1.165) is 30.7 Å². The average molecular weight is 258 g/mol. The second-order valence-corrected chi connectivity index (χ2v) is 7.64. The molecule has 19 heavy (non-hydrogen) atoms. The monoisotopic (exact) mass is 258 g/mol. The second kappa shape index (κ2) is 4.37. The van der Waals surface area contributed by atoms with Gasteiger partial charge in [0.05, 0.1) is 0 Å². The number of hydrogen-bond acceptors (Lipinski definition) is 1. The fourth-order valence-electron chi connectivity index (χ4n) is 5.81. The zero-order valence-electron chi connectivity index (χ0n) is 11.8. The Hall–Kier alpha value is -0.760. The molecule has 2 nitrogen and oxygen atoms in total. The molecular formula is C17H26N2. The number of rotatable bonds is 4. The maximum Gasteiger partial charge on any atom is 0.0161 e. The van der Waals surface area contributed by atoms with Crippen LogP contribution >= 0.6 is 0 Å². The molecule has 0 radical (unpaired) electrons. The van der Waals surface area contributed by atoms with E-state index in [1.54, 1.807) is 19.3 Å². The lowest BCUT2D eigenvalue weighted by atomic mass is 9.48. The summed E-state index contributed by atoms with van der Waals surface area (Å²) < 4.78 is 0. The van der Waals surface area contributed by atoms with Gasteiger partial charge in [-0.1, -0.05) is 0 Å². The summed E-state index contributed by atoms with van der Waals surface area (Å²) in [5.41, 5.74) is 9.07. The van der Waals surface area contributed by atoms with Crippen molar-refractivity contribution in [2.75, 3.05) is 6.54 Å². The smallest absolute Gasteiger partial charge is 0.0161 e. The lowest BCUT2D eigenvalue weighted by Crippen LogP contribution is -2.47. The molecule has 0 aliphatic heterocycles. The molecule has 0 atom stereocenters. The van der Waals surface area contributed by atoms with Crippen LogP contribution in [0.1, 0.15) is 49.9 Å². The van der Waals surface area contributed by atoms with Gasteiger partial charge in [0, 0.05) is 11.4 Å². The molecule has 0 amide bonds. The van der Waals surface area contributed by atoms with Crippen LogP contribution in [0.2, 0.25) is 0 Å². The van der Waals surface area contributed by atoms with Gasteiger partial charge in [-0.25, -0.2) is 0 Å². The summed E-state index contributed by atoms with van der Waals surface area (Å²) in [6.45, 7) is 0.747. The van der Waals surface area contributed by atoms with Crippen molar-refractivity contribution in [3.05, 3.63) is 23.5 Å². The SMILES string of the molecule is NCCc1ccc(CC23CC4CC(CC(C4)C2)C3)[nH]1. The maximum absolute atomic E-state index is 5.64. The Morgan fingerprint density at radius 1 is 1.00 bits per heavy atom. The summed E-state index contributed by atoms with van der Waals surface area (Å²) in [4.78, 5) is 3.61. The molecule has 4 aliphatic rings. The maximum atomic E-state index is 5.64. The van der Waals surface area contributed by atoms with E-state index < -0.39 is 0 Å². The predicted octanol–water partition coefficient (Wildman–Crippen LogP) is 3.27. The first-order valence-corrected chi connectivity index (χ1v) is 8.11. The quantitative estimate of drug-likeness (QED) is 0.855. The van der Waals surface area contributed by atoms with Gasteiger partial charge in [-0.2, -0.15) is 0 Å². The number of nitrogens with one attached hydrogen (secondary N) is 1. The molecular weight excluding hydrogens is 232 g/mol. The van der Waals surface area contributed by atoms with Crippen LogP contribution in [-0.4, -0.2) is 11.5 Å². The molecule has 104 valence electrons. The third-order valence-corrected chi connectivity index (χ3v) is 5.95. The minimum absolute atomic E-state index is 0.652. The first kappa shape index (κ1) is 12.0. The van der Waals surface area contributed by atoms with Crippen molar-refractivity contribution in [2.45, 2.75) is 51.4 Å². The lowest BCUT2D eigenvalue weighted by molar-refractivity contribution is -0.0526. The molecule has 0 unspecified atom stereocenters. The summed E-state index contributed by atoms with van der Waals surface area (Å²) >= 11 is 0. The van der Waals surface area contributed by atoms with Crippen LogP contribution in [-0.2, 0) is 12.8 Å². The number of aromatic amines is 1. The number of H-pyrrole nitrogens is 1. The molecule has 0 saturated heterocycles. The molecule has 1 aromatic heterocycles. The van der Waals surface area contributed by atoms with E-state index in [2.05, 4.69) is 17.1 Å². The van der Waals surface area contributed by atoms with Crippen LogP contribution < -0.4 is 5.73 Å². The van der Waals surface area contributed by atoms with Crippen LogP contribution in [0.25, 0.3) is 0 Å². The van der Waals surface area contributed by atoms with Gasteiger partial charge in [-0.15, -0.1) is 0 Å². The zero-order valence-corrected chi connectivity index (χ0v) is 11.8. The molecule has 1 aromatic rings. The van der Waals surface area contributed by atoms with Gasteiger partial charge in [-0.3, -0.25) is 0 Å². The standard InChI is InChI=1S/C17H26N2/c18-4-3-15-1-2-16(19-15)11-17-8-12-5-13(9-17)7-14(6-12)10-17/h1-2,12-14,19H,3-11,18H2. The van der Waals surface area contributed by atoms with Crippen molar-refractivity contribution in [3.8, 4) is 0 Å². The summed E-state index contributed by atoms with van der Waals surface area (Å²) in [5.74, 6) is 3.18. The molecule has 0 spiro atoms. The third kappa shape index (κ3) is 2.14. The van der Waals surface area contributed by atoms with E-state index in [-0.39, 0.29) is 0 Å². The van der Waals surface area contributed by atoms with Crippen LogP contribution in [0.3, 0.4) is 0 Å². The van der Waals surface area contributed by atoms with Gasteiger partial charge in [0.25, 0.3) is 0 Å². The largest absolute Gasteiger partial charge is 0.362 e. The Bertz CT molecular complexity index is 424.